The lowest BCUT2D eigenvalue weighted by Gasteiger charge is -2.24. The van der Waals surface area contributed by atoms with Gasteiger partial charge in [0.15, 0.2) is 0 Å². The monoisotopic (exact) mass is 442 g/mol. The molecule has 4 nitrogen and oxygen atoms in total. The lowest BCUT2D eigenvalue weighted by atomic mass is 9.85. The second kappa shape index (κ2) is 15.8. The third-order valence-electron chi connectivity index (χ3n) is 7.39. The highest BCUT2D eigenvalue weighted by Crippen LogP contribution is 2.41. The van der Waals surface area contributed by atoms with Gasteiger partial charge in [-0.1, -0.05) is 89.9 Å². The van der Waals surface area contributed by atoms with Crippen LogP contribution in [0, 0.1) is 5.92 Å². The van der Waals surface area contributed by atoms with Crippen LogP contribution in [-0.2, 0) is 18.0 Å². The summed E-state index contributed by atoms with van der Waals surface area (Å²) < 4.78 is 22.1. The van der Waals surface area contributed by atoms with Crippen LogP contribution < -0.4 is 0 Å². The van der Waals surface area contributed by atoms with E-state index in [1.807, 2.05) is 0 Å². The van der Waals surface area contributed by atoms with Crippen LogP contribution in [0.5, 0.6) is 0 Å². The van der Waals surface area contributed by atoms with Crippen molar-refractivity contribution >= 4 is 8.80 Å². The van der Waals surface area contributed by atoms with Gasteiger partial charge in [-0.25, -0.2) is 0 Å². The van der Waals surface area contributed by atoms with Crippen LogP contribution >= 0.6 is 0 Å². The number of unbranched alkanes of at least 4 members (excludes halogenated alkanes) is 13. The number of hydrogen-bond donors (Lipinski definition) is 0. The first-order chi connectivity index (χ1) is 14.7. The molecule has 0 bridgehead atoms. The molecule has 0 amide bonds. The van der Waals surface area contributed by atoms with Crippen LogP contribution in [-0.4, -0.2) is 42.3 Å². The van der Waals surface area contributed by atoms with Crippen LogP contribution in [0.4, 0.5) is 0 Å². The highest BCUT2D eigenvalue weighted by Gasteiger charge is 2.43. The summed E-state index contributed by atoms with van der Waals surface area (Å²) in [5.74, 6) is 0.977. The average molecular weight is 443 g/mol. The van der Waals surface area contributed by atoms with Crippen molar-refractivity contribution < 1.29 is 18.0 Å². The van der Waals surface area contributed by atoms with Gasteiger partial charge in [0, 0.05) is 27.4 Å². The Morgan fingerprint density at radius 2 is 1.07 bits per heavy atom. The molecule has 0 aromatic rings. The van der Waals surface area contributed by atoms with Gasteiger partial charge >= 0.3 is 8.80 Å². The van der Waals surface area contributed by atoms with E-state index in [-0.39, 0.29) is 0 Å². The molecule has 1 heterocycles. The zero-order valence-electron chi connectivity index (χ0n) is 20.3. The van der Waals surface area contributed by atoms with Gasteiger partial charge < -0.3 is 18.0 Å². The molecule has 1 aliphatic carbocycles. The summed E-state index contributed by atoms with van der Waals surface area (Å²) in [6.45, 7) is 0. The van der Waals surface area contributed by atoms with Crippen LogP contribution in [0.2, 0.25) is 6.04 Å². The first kappa shape index (κ1) is 26.3. The molecule has 1 aliphatic heterocycles. The molecule has 2 aliphatic rings. The minimum Gasteiger partial charge on any atom is -0.377 e. The van der Waals surface area contributed by atoms with Crippen LogP contribution in [0.15, 0.2) is 0 Å². The number of fused-ring (bicyclic) bond motifs is 1. The Kier molecular flexibility index (Phi) is 13.9. The summed E-state index contributed by atoms with van der Waals surface area (Å²) in [6.07, 6.45) is 26.4. The van der Waals surface area contributed by atoms with E-state index in [9.17, 15) is 0 Å². The zero-order chi connectivity index (χ0) is 21.5. The van der Waals surface area contributed by atoms with E-state index in [4.69, 9.17) is 18.0 Å². The van der Waals surface area contributed by atoms with E-state index in [1.54, 1.807) is 21.3 Å². The van der Waals surface area contributed by atoms with E-state index < -0.39 is 8.80 Å². The van der Waals surface area contributed by atoms with Gasteiger partial charge in [0.05, 0.1) is 12.2 Å². The molecule has 0 N–H and O–H groups in total. The van der Waals surface area contributed by atoms with E-state index in [1.165, 1.54) is 109 Å². The maximum Gasteiger partial charge on any atom is 0.500 e. The summed E-state index contributed by atoms with van der Waals surface area (Å²) in [6, 6.07) is 0.937. The van der Waals surface area contributed by atoms with Crippen molar-refractivity contribution in [3.8, 4) is 0 Å². The molecule has 1 saturated carbocycles. The van der Waals surface area contributed by atoms with Crippen molar-refractivity contribution in [2.24, 2.45) is 5.92 Å². The Labute approximate surface area is 188 Å². The molecule has 3 atom stereocenters. The quantitative estimate of drug-likeness (QED) is 0.113. The number of ether oxygens (including phenoxy) is 1. The van der Waals surface area contributed by atoms with Crippen LogP contribution in [0.1, 0.15) is 116 Å². The predicted octanol–water partition coefficient (Wildman–Crippen LogP) is 7.28. The van der Waals surface area contributed by atoms with Crippen LogP contribution in [0.3, 0.4) is 0 Å². The molecular formula is C25H50O4Si. The molecule has 0 aromatic carbocycles. The largest absolute Gasteiger partial charge is 0.500 e. The summed E-state index contributed by atoms with van der Waals surface area (Å²) in [4.78, 5) is 0. The van der Waals surface area contributed by atoms with Gasteiger partial charge in [0.25, 0.3) is 0 Å². The smallest absolute Gasteiger partial charge is 0.377 e. The van der Waals surface area contributed by atoms with Gasteiger partial charge in [0.2, 0.25) is 0 Å². The van der Waals surface area contributed by atoms with Gasteiger partial charge in [-0.15, -0.1) is 0 Å². The third-order valence-corrected chi connectivity index (χ3v) is 10.2. The van der Waals surface area contributed by atoms with Crippen LogP contribution in [0.25, 0.3) is 0 Å². The molecule has 5 heteroatoms. The van der Waals surface area contributed by atoms with Crippen molar-refractivity contribution in [3.63, 3.8) is 0 Å². The Bertz CT molecular complexity index is 408. The van der Waals surface area contributed by atoms with Gasteiger partial charge in [-0.3, -0.25) is 0 Å². The summed E-state index contributed by atoms with van der Waals surface area (Å²) >= 11 is 0. The Morgan fingerprint density at radius 1 is 0.600 bits per heavy atom. The van der Waals surface area contributed by atoms with Gasteiger partial charge in [-0.2, -0.15) is 0 Å². The van der Waals surface area contributed by atoms with Gasteiger partial charge in [-0.05, 0) is 31.6 Å². The fraction of sp³-hybridized carbons (Fsp3) is 1.00. The number of hydrogen-bond acceptors (Lipinski definition) is 4. The maximum absolute atomic E-state index is 5.65. The summed E-state index contributed by atoms with van der Waals surface area (Å²) in [5, 5.41) is 0. The first-order valence-corrected chi connectivity index (χ1v) is 15.0. The minimum absolute atomic E-state index is 0.665. The van der Waals surface area contributed by atoms with Crippen molar-refractivity contribution in [2.45, 2.75) is 134 Å². The standard InChI is InChI=1S/C25H50O4Si/c1-26-30(27-2,28-3)21-17-15-13-11-9-7-5-4-6-8-10-12-14-16-18-23-19-20-24-25(22-23)29-24/h23-25H,4-22H2,1-3H3. The second-order valence-electron chi connectivity index (χ2n) is 9.68. The fourth-order valence-corrected chi connectivity index (χ4v) is 7.00. The minimum atomic E-state index is -2.34. The number of epoxide rings is 1. The molecular weight excluding hydrogens is 392 g/mol. The second-order valence-corrected chi connectivity index (χ2v) is 12.8. The fourth-order valence-electron chi connectivity index (χ4n) is 5.20. The SMILES string of the molecule is CO[Si](CCCCCCCCCCCCCCCCC1CCC2OC2C1)(OC)OC. The molecule has 2 rings (SSSR count). The molecule has 3 unspecified atom stereocenters. The van der Waals surface area contributed by atoms with Crippen molar-refractivity contribution in [1.82, 2.24) is 0 Å². The highest BCUT2D eigenvalue weighted by atomic mass is 28.4. The van der Waals surface area contributed by atoms with E-state index >= 15 is 0 Å². The summed E-state index contributed by atoms with van der Waals surface area (Å²) in [7, 11) is 2.77. The molecule has 1 saturated heterocycles. The third kappa shape index (κ3) is 10.6. The van der Waals surface area contributed by atoms with Crippen molar-refractivity contribution in [1.29, 1.82) is 0 Å². The molecule has 0 aromatic heterocycles. The zero-order valence-corrected chi connectivity index (χ0v) is 21.3. The molecule has 2 fully saturated rings. The van der Waals surface area contributed by atoms with E-state index in [2.05, 4.69) is 0 Å². The highest BCUT2D eigenvalue weighted by molar-refractivity contribution is 6.60. The maximum atomic E-state index is 5.65. The lowest BCUT2D eigenvalue weighted by molar-refractivity contribution is 0.122. The predicted molar refractivity (Wildman–Crippen MR) is 127 cm³/mol. The van der Waals surface area contributed by atoms with E-state index in [0.717, 1.165) is 18.4 Å². The molecule has 30 heavy (non-hydrogen) atoms. The molecule has 0 spiro atoms. The first-order valence-electron chi connectivity index (χ1n) is 13.0. The lowest BCUT2D eigenvalue weighted by Crippen LogP contribution is -2.42. The topological polar surface area (TPSA) is 40.2 Å². The normalized spacial score (nSPS) is 23.5. The Hall–Kier alpha value is 0.0569. The van der Waals surface area contributed by atoms with Crippen molar-refractivity contribution in [2.75, 3.05) is 21.3 Å². The molecule has 178 valence electrons. The van der Waals surface area contributed by atoms with E-state index in [0.29, 0.717) is 12.2 Å². The van der Waals surface area contributed by atoms with Crippen molar-refractivity contribution in [3.05, 3.63) is 0 Å². The van der Waals surface area contributed by atoms with Gasteiger partial charge in [0.1, 0.15) is 0 Å². The molecule has 0 radical (unpaired) electrons. The average Bonchev–Trinajstić information content (AvgIpc) is 3.55. The Morgan fingerprint density at radius 3 is 1.53 bits per heavy atom. The Balaban J connectivity index is 1.24. The summed E-state index contributed by atoms with van der Waals surface area (Å²) in [5.41, 5.74) is 0. The number of rotatable bonds is 20.